The lowest BCUT2D eigenvalue weighted by molar-refractivity contribution is -0.0127. The molecule has 3 rings (SSSR count). The van der Waals surface area contributed by atoms with Crippen molar-refractivity contribution in [1.82, 2.24) is 15.3 Å². The van der Waals surface area contributed by atoms with E-state index in [-0.39, 0.29) is 12.8 Å². The van der Waals surface area contributed by atoms with Crippen molar-refractivity contribution in [3.63, 3.8) is 0 Å². The number of piperidine rings is 1. The average molecular weight is 343 g/mol. The molecule has 0 spiro atoms. The molecular weight excluding hydrogens is 320 g/mol. The van der Waals surface area contributed by atoms with Gasteiger partial charge in [-0.15, -0.1) is 0 Å². The average Bonchev–Trinajstić information content (AvgIpc) is 2.55. The standard InChI is InChI=1S/C15H23F2N5S/c16-15(17)4-1-12-11(9-15)14(20-7-8-23-18)22-13(21-12)10-2-5-19-6-3-10/h10,19H,1-9,18H2,(H,20,21,22). The zero-order chi connectivity index (χ0) is 16.3. The van der Waals surface area contributed by atoms with E-state index in [2.05, 4.69) is 20.6 Å². The van der Waals surface area contributed by atoms with Crippen LogP contribution in [-0.4, -0.2) is 41.3 Å². The monoisotopic (exact) mass is 343 g/mol. The highest BCUT2D eigenvalue weighted by Crippen LogP contribution is 2.36. The van der Waals surface area contributed by atoms with Gasteiger partial charge in [0.1, 0.15) is 11.6 Å². The molecule has 0 amide bonds. The van der Waals surface area contributed by atoms with E-state index in [9.17, 15) is 8.78 Å². The Kier molecular flexibility index (Phi) is 5.33. The summed E-state index contributed by atoms with van der Waals surface area (Å²) in [7, 11) is 0. The first kappa shape index (κ1) is 16.9. The van der Waals surface area contributed by atoms with Crippen LogP contribution in [0.4, 0.5) is 14.6 Å². The second-order valence-corrected chi connectivity index (χ2v) is 6.95. The molecule has 8 heteroatoms. The summed E-state index contributed by atoms with van der Waals surface area (Å²) in [5.74, 6) is -0.257. The van der Waals surface area contributed by atoms with Crippen LogP contribution in [-0.2, 0) is 12.8 Å². The molecule has 1 saturated heterocycles. The van der Waals surface area contributed by atoms with Gasteiger partial charge in [0.25, 0.3) is 5.92 Å². The summed E-state index contributed by atoms with van der Waals surface area (Å²) in [6, 6.07) is 0. The first-order valence-corrected chi connectivity index (χ1v) is 9.18. The Balaban J connectivity index is 1.89. The number of nitrogens with one attached hydrogen (secondary N) is 2. The number of alkyl halides is 2. The lowest BCUT2D eigenvalue weighted by Crippen LogP contribution is -2.31. The molecule has 1 aromatic rings. The van der Waals surface area contributed by atoms with Crippen LogP contribution in [0.1, 0.15) is 42.3 Å². The highest BCUT2D eigenvalue weighted by Gasteiger charge is 2.37. The lowest BCUT2D eigenvalue weighted by Gasteiger charge is -2.28. The van der Waals surface area contributed by atoms with E-state index in [1.54, 1.807) is 0 Å². The lowest BCUT2D eigenvalue weighted by atomic mass is 9.91. The second-order valence-electron chi connectivity index (χ2n) is 6.21. The van der Waals surface area contributed by atoms with Gasteiger partial charge in [0.2, 0.25) is 0 Å². The Morgan fingerprint density at radius 1 is 1.30 bits per heavy atom. The van der Waals surface area contributed by atoms with Gasteiger partial charge in [-0.3, -0.25) is 5.14 Å². The molecule has 1 fully saturated rings. The molecule has 0 bridgehead atoms. The first-order valence-electron chi connectivity index (χ1n) is 8.13. The highest BCUT2D eigenvalue weighted by atomic mass is 32.2. The van der Waals surface area contributed by atoms with Crippen molar-refractivity contribution < 1.29 is 8.78 Å². The first-order chi connectivity index (χ1) is 11.1. The van der Waals surface area contributed by atoms with Crippen LogP contribution in [0.25, 0.3) is 0 Å². The van der Waals surface area contributed by atoms with Crippen LogP contribution in [0.15, 0.2) is 0 Å². The van der Waals surface area contributed by atoms with E-state index in [1.807, 2.05) is 0 Å². The van der Waals surface area contributed by atoms with Gasteiger partial charge in [-0.2, -0.15) is 0 Å². The molecule has 1 aliphatic heterocycles. The SMILES string of the molecule is NSCCNc1nc(C2CCNCC2)nc2c1CC(F)(F)CC2. The van der Waals surface area contributed by atoms with Crippen LogP contribution in [0.5, 0.6) is 0 Å². The minimum atomic E-state index is -2.66. The van der Waals surface area contributed by atoms with Crippen molar-refractivity contribution in [2.75, 3.05) is 30.7 Å². The maximum Gasteiger partial charge on any atom is 0.252 e. The summed E-state index contributed by atoms with van der Waals surface area (Å²) < 4.78 is 27.6. The number of nitrogens with two attached hydrogens (primary N) is 1. The molecule has 1 aliphatic carbocycles. The van der Waals surface area contributed by atoms with E-state index < -0.39 is 5.92 Å². The number of fused-ring (bicyclic) bond motifs is 1. The van der Waals surface area contributed by atoms with Gasteiger partial charge in [-0.1, -0.05) is 11.9 Å². The molecule has 2 heterocycles. The maximum absolute atomic E-state index is 13.8. The molecule has 4 N–H and O–H groups in total. The van der Waals surface area contributed by atoms with Crippen LogP contribution in [0, 0.1) is 0 Å². The van der Waals surface area contributed by atoms with Crippen molar-refractivity contribution in [3.05, 3.63) is 17.1 Å². The molecule has 0 saturated carbocycles. The number of anilines is 1. The molecule has 1 aromatic heterocycles. The number of aryl methyl sites for hydroxylation is 1. The molecule has 0 radical (unpaired) electrons. The van der Waals surface area contributed by atoms with Crippen LogP contribution in [0.3, 0.4) is 0 Å². The van der Waals surface area contributed by atoms with Crippen molar-refractivity contribution in [1.29, 1.82) is 0 Å². The van der Waals surface area contributed by atoms with Crippen molar-refractivity contribution in [2.24, 2.45) is 5.14 Å². The largest absolute Gasteiger partial charge is 0.369 e. The van der Waals surface area contributed by atoms with Crippen molar-refractivity contribution >= 4 is 17.8 Å². The predicted octanol–water partition coefficient (Wildman–Crippen LogP) is 2.09. The van der Waals surface area contributed by atoms with Crippen molar-refractivity contribution in [3.8, 4) is 0 Å². The summed E-state index contributed by atoms with van der Waals surface area (Å²) in [5.41, 5.74) is 1.38. The smallest absolute Gasteiger partial charge is 0.252 e. The quantitative estimate of drug-likeness (QED) is 0.561. The molecular formula is C15H23F2N5S. The van der Waals surface area contributed by atoms with Crippen LogP contribution >= 0.6 is 11.9 Å². The van der Waals surface area contributed by atoms with Crippen LogP contribution < -0.4 is 15.8 Å². The van der Waals surface area contributed by atoms with Gasteiger partial charge >= 0.3 is 0 Å². The van der Waals surface area contributed by atoms with Gasteiger partial charge in [0, 0.05) is 42.3 Å². The van der Waals surface area contributed by atoms with E-state index >= 15 is 0 Å². The highest BCUT2D eigenvalue weighted by molar-refractivity contribution is 7.97. The Morgan fingerprint density at radius 3 is 2.83 bits per heavy atom. The zero-order valence-corrected chi connectivity index (χ0v) is 13.9. The summed E-state index contributed by atoms with van der Waals surface area (Å²) >= 11 is 1.23. The molecule has 2 aliphatic rings. The molecule has 128 valence electrons. The van der Waals surface area contributed by atoms with E-state index in [0.29, 0.717) is 36.0 Å². The van der Waals surface area contributed by atoms with Gasteiger partial charge in [0.15, 0.2) is 0 Å². The van der Waals surface area contributed by atoms with Crippen LogP contribution in [0.2, 0.25) is 0 Å². The Hall–Kier alpha value is -0.990. The number of halogens is 2. The molecule has 0 atom stereocenters. The van der Waals surface area contributed by atoms with Gasteiger partial charge in [0.05, 0.1) is 0 Å². The van der Waals surface area contributed by atoms with E-state index in [0.717, 1.165) is 37.4 Å². The Bertz CT molecular complexity index is 549. The second kappa shape index (κ2) is 7.27. The number of nitrogens with zero attached hydrogens (tertiary/aromatic N) is 2. The summed E-state index contributed by atoms with van der Waals surface area (Å²) in [5, 5.41) is 12.0. The Morgan fingerprint density at radius 2 is 2.09 bits per heavy atom. The van der Waals surface area contributed by atoms with Gasteiger partial charge in [-0.25, -0.2) is 18.7 Å². The summed E-state index contributed by atoms with van der Waals surface area (Å²) in [6.07, 6.45) is 1.91. The maximum atomic E-state index is 13.8. The normalized spacial score (nSPS) is 21.0. The molecule has 23 heavy (non-hydrogen) atoms. The topological polar surface area (TPSA) is 75.9 Å². The molecule has 0 unspecified atom stereocenters. The minimum absolute atomic E-state index is 0.124. The fourth-order valence-electron chi connectivity index (χ4n) is 3.23. The third-order valence-electron chi connectivity index (χ3n) is 4.49. The fraction of sp³-hybridized carbons (Fsp3) is 0.733. The van der Waals surface area contributed by atoms with Gasteiger partial charge < -0.3 is 10.6 Å². The minimum Gasteiger partial charge on any atom is -0.369 e. The van der Waals surface area contributed by atoms with Gasteiger partial charge in [-0.05, 0) is 32.4 Å². The Labute approximate surface area is 139 Å². The van der Waals surface area contributed by atoms with E-state index in [1.165, 1.54) is 11.9 Å². The van der Waals surface area contributed by atoms with Crippen molar-refractivity contribution in [2.45, 2.75) is 43.9 Å². The summed E-state index contributed by atoms with van der Waals surface area (Å²) in [6.45, 7) is 2.52. The number of rotatable bonds is 5. The van der Waals surface area contributed by atoms with E-state index in [4.69, 9.17) is 5.14 Å². The predicted molar refractivity (Wildman–Crippen MR) is 89.0 cm³/mol. The zero-order valence-electron chi connectivity index (χ0n) is 13.1. The summed E-state index contributed by atoms with van der Waals surface area (Å²) in [4.78, 5) is 9.26. The third kappa shape index (κ3) is 4.10. The number of aromatic nitrogens is 2. The fourth-order valence-corrected chi connectivity index (χ4v) is 3.45. The third-order valence-corrected chi connectivity index (χ3v) is 4.93. The number of hydrogen-bond acceptors (Lipinski definition) is 6. The molecule has 5 nitrogen and oxygen atoms in total. The molecule has 0 aromatic carbocycles. The number of hydrogen-bond donors (Lipinski definition) is 3.